The Morgan fingerprint density at radius 1 is 1.25 bits per heavy atom. The Balaban J connectivity index is 4.50. The summed E-state index contributed by atoms with van der Waals surface area (Å²) in [5, 5.41) is 11.5. The largest absolute Gasteiger partial charge is 0.481 e. The molecule has 2 N–H and O–H groups in total. The maximum atomic E-state index is 12.0. The molecule has 116 valence electrons. The molecule has 7 heteroatoms. The van der Waals surface area contributed by atoms with Crippen LogP contribution >= 0.6 is 0 Å². The molecule has 0 saturated carbocycles. The molecule has 0 aromatic rings. The first-order chi connectivity index (χ1) is 9.33. The van der Waals surface area contributed by atoms with Gasteiger partial charge in [0.1, 0.15) is 6.54 Å². The molecule has 0 aliphatic heterocycles. The summed E-state index contributed by atoms with van der Waals surface area (Å²) in [7, 11) is 0. The van der Waals surface area contributed by atoms with E-state index < -0.39 is 23.9 Å². The van der Waals surface area contributed by atoms with Gasteiger partial charge in [-0.2, -0.15) is 0 Å². The summed E-state index contributed by atoms with van der Waals surface area (Å²) in [6, 6.07) is -0.655. The standard InChI is InChI=1S/C13H24N2O5/c1-5-10(12(17)18)7-14-13(19)15(9(3)4)8-11(16)20-6-2/h9-10H,5-8H2,1-4H3,(H,14,19)(H,17,18). The smallest absolute Gasteiger partial charge is 0.325 e. The number of carboxylic acid groups (broad SMARTS) is 1. The molecule has 20 heavy (non-hydrogen) atoms. The van der Waals surface area contributed by atoms with E-state index in [4.69, 9.17) is 9.84 Å². The first kappa shape index (κ1) is 18.2. The van der Waals surface area contributed by atoms with Gasteiger partial charge < -0.3 is 20.1 Å². The molecule has 0 bridgehead atoms. The quantitative estimate of drug-likeness (QED) is 0.652. The van der Waals surface area contributed by atoms with Crippen molar-refractivity contribution in [3.05, 3.63) is 0 Å². The third kappa shape index (κ3) is 6.40. The molecule has 0 saturated heterocycles. The average Bonchev–Trinajstić information content (AvgIpc) is 2.36. The van der Waals surface area contributed by atoms with Crippen LogP contribution in [0.15, 0.2) is 0 Å². The molecular formula is C13H24N2O5. The summed E-state index contributed by atoms with van der Waals surface area (Å²) in [6.07, 6.45) is 0.426. The normalized spacial score (nSPS) is 11.8. The van der Waals surface area contributed by atoms with Gasteiger partial charge in [-0.3, -0.25) is 9.59 Å². The molecule has 0 rings (SSSR count). The SMILES string of the molecule is CCOC(=O)CN(C(=O)NCC(CC)C(=O)O)C(C)C. The lowest BCUT2D eigenvalue weighted by atomic mass is 10.1. The number of rotatable bonds is 8. The first-order valence-electron chi connectivity index (χ1n) is 6.76. The number of carboxylic acids is 1. The lowest BCUT2D eigenvalue weighted by Gasteiger charge is -2.26. The lowest BCUT2D eigenvalue weighted by Crippen LogP contribution is -2.48. The lowest BCUT2D eigenvalue weighted by molar-refractivity contribution is -0.144. The van der Waals surface area contributed by atoms with E-state index in [1.807, 2.05) is 0 Å². The average molecular weight is 288 g/mol. The van der Waals surface area contributed by atoms with Gasteiger partial charge in [-0.15, -0.1) is 0 Å². The van der Waals surface area contributed by atoms with Gasteiger partial charge in [0.05, 0.1) is 12.5 Å². The number of esters is 1. The van der Waals surface area contributed by atoms with Crippen molar-refractivity contribution in [1.29, 1.82) is 0 Å². The molecular weight excluding hydrogens is 264 g/mol. The number of nitrogens with one attached hydrogen (secondary N) is 1. The van der Waals surface area contributed by atoms with Gasteiger partial charge in [0.25, 0.3) is 0 Å². The number of hydrogen-bond donors (Lipinski definition) is 2. The van der Waals surface area contributed by atoms with Crippen LogP contribution in [0.2, 0.25) is 0 Å². The number of carbonyl (C=O) groups excluding carboxylic acids is 2. The van der Waals surface area contributed by atoms with Gasteiger partial charge in [-0.1, -0.05) is 6.92 Å². The number of amides is 2. The minimum atomic E-state index is -0.950. The Kier molecular flexibility index (Phi) is 8.35. The molecule has 1 unspecified atom stereocenters. The monoisotopic (exact) mass is 288 g/mol. The molecule has 2 amide bonds. The number of nitrogens with zero attached hydrogens (tertiary/aromatic N) is 1. The van der Waals surface area contributed by atoms with Crippen molar-refractivity contribution >= 4 is 18.0 Å². The summed E-state index contributed by atoms with van der Waals surface area (Å²) in [5.41, 5.74) is 0. The maximum absolute atomic E-state index is 12.0. The van der Waals surface area contributed by atoms with Crippen molar-refractivity contribution < 1.29 is 24.2 Å². The predicted molar refractivity (Wildman–Crippen MR) is 73.3 cm³/mol. The number of ether oxygens (including phenoxy) is 1. The van der Waals surface area contributed by atoms with E-state index in [0.717, 1.165) is 0 Å². The molecule has 0 aliphatic carbocycles. The van der Waals surface area contributed by atoms with Gasteiger partial charge in [-0.25, -0.2) is 4.79 Å². The van der Waals surface area contributed by atoms with Crippen LogP contribution in [0.4, 0.5) is 4.79 Å². The molecule has 0 fully saturated rings. The van der Waals surface area contributed by atoms with Gasteiger partial charge in [0, 0.05) is 12.6 Å². The van der Waals surface area contributed by atoms with Crippen LogP contribution in [0.5, 0.6) is 0 Å². The second-order valence-electron chi connectivity index (χ2n) is 4.66. The third-order valence-electron chi connectivity index (χ3n) is 2.83. The molecule has 7 nitrogen and oxygen atoms in total. The van der Waals surface area contributed by atoms with Crippen LogP contribution < -0.4 is 5.32 Å². The number of aliphatic carboxylic acids is 1. The number of urea groups is 1. The zero-order valence-electron chi connectivity index (χ0n) is 12.5. The second kappa shape index (κ2) is 9.17. The Labute approximate surface area is 119 Å². The Bertz CT molecular complexity index is 344. The maximum Gasteiger partial charge on any atom is 0.325 e. The first-order valence-corrected chi connectivity index (χ1v) is 6.76. The Morgan fingerprint density at radius 3 is 2.25 bits per heavy atom. The zero-order valence-corrected chi connectivity index (χ0v) is 12.5. The van der Waals surface area contributed by atoms with E-state index in [2.05, 4.69) is 5.32 Å². The predicted octanol–water partition coefficient (Wildman–Crippen LogP) is 1.08. The topological polar surface area (TPSA) is 95.9 Å². The highest BCUT2D eigenvalue weighted by Gasteiger charge is 2.22. The van der Waals surface area contributed by atoms with E-state index in [1.165, 1.54) is 4.90 Å². The van der Waals surface area contributed by atoms with Crippen LogP contribution in [-0.2, 0) is 14.3 Å². The van der Waals surface area contributed by atoms with Crippen LogP contribution in [0.25, 0.3) is 0 Å². The van der Waals surface area contributed by atoms with Gasteiger partial charge in [-0.05, 0) is 27.2 Å². The molecule has 0 heterocycles. The van der Waals surface area contributed by atoms with Crippen molar-refractivity contribution in [3.63, 3.8) is 0 Å². The number of hydrogen-bond acceptors (Lipinski definition) is 4. The van der Waals surface area contributed by atoms with Crippen LogP contribution in [0.1, 0.15) is 34.1 Å². The highest BCUT2D eigenvalue weighted by molar-refractivity contribution is 5.81. The Morgan fingerprint density at radius 2 is 1.85 bits per heavy atom. The van der Waals surface area contributed by atoms with Crippen LogP contribution in [0, 0.1) is 5.92 Å². The second-order valence-corrected chi connectivity index (χ2v) is 4.66. The minimum Gasteiger partial charge on any atom is -0.481 e. The van der Waals surface area contributed by atoms with Gasteiger partial charge >= 0.3 is 18.0 Å². The summed E-state index contributed by atoms with van der Waals surface area (Å²) in [5.74, 6) is -2.06. The summed E-state index contributed by atoms with van der Waals surface area (Å²) >= 11 is 0. The molecule has 0 aliphatic rings. The fourth-order valence-electron chi connectivity index (χ4n) is 1.55. The molecule has 0 radical (unpaired) electrons. The van der Waals surface area contributed by atoms with Crippen LogP contribution in [-0.4, -0.2) is 53.7 Å². The molecule has 0 aromatic carbocycles. The molecule has 0 aromatic heterocycles. The summed E-state index contributed by atoms with van der Waals surface area (Å²) < 4.78 is 4.80. The molecule has 0 spiro atoms. The fourth-order valence-corrected chi connectivity index (χ4v) is 1.55. The summed E-state index contributed by atoms with van der Waals surface area (Å²) in [6.45, 7) is 7.11. The zero-order chi connectivity index (χ0) is 15.7. The minimum absolute atomic E-state index is 0.0384. The van der Waals surface area contributed by atoms with E-state index in [9.17, 15) is 14.4 Å². The van der Waals surface area contributed by atoms with E-state index in [1.54, 1.807) is 27.7 Å². The van der Waals surface area contributed by atoms with Crippen molar-refractivity contribution in [2.75, 3.05) is 19.7 Å². The van der Waals surface area contributed by atoms with Crippen LogP contribution in [0.3, 0.4) is 0 Å². The highest BCUT2D eigenvalue weighted by Crippen LogP contribution is 2.03. The number of carbonyl (C=O) groups is 3. The van der Waals surface area contributed by atoms with E-state index in [0.29, 0.717) is 6.42 Å². The summed E-state index contributed by atoms with van der Waals surface area (Å²) in [4.78, 5) is 35.6. The van der Waals surface area contributed by atoms with Gasteiger partial charge in [0.15, 0.2) is 0 Å². The molecule has 1 atom stereocenters. The third-order valence-corrected chi connectivity index (χ3v) is 2.83. The van der Waals surface area contributed by atoms with Gasteiger partial charge in [0.2, 0.25) is 0 Å². The highest BCUT2D eigenvalue weighted by atomic mass is 16.5. The van der Waals surface area contributed by atoms with E-state index >= 15 is 0 Å². The van der Waals surface area contributed by atoms with Crippen molar-refractivity contribution in [1.82, 2.24) is 10.2 Å². The Hall–Kier alpha value is -1.79. The van der Waals surface area contributed by atoms with Crippen molar-refractivity contribution in [3.8, 4) is 0 Å². The fraction of sp³-hybridized carbons (Fsp3) is 0.769. The van der Waals surface area contributed by atoms with Crippen molar-refractivity contribution in [2.45, 2.75) is 40.2 Å². The van der Waals surface area contributed by atoms with Crippen molar-refractivity contribution in [2.24, 2.45) is 5.92 Å². The van der Waals surface area contributed by atoms with E-state index in [-0.39, 0.29) is 25.7 Å².